The van der Waals surface area contributed by atoms with E-state index in [9.17, 15) is 9.59 Å². The topological polar surface area (TPSA) is 55.4 Å². The molecule has 1 aliphatic carbocycles. The second-order valence-corrected chi connectivity index (χ2v) is 5.23. The number of allylic oxidation sites excluding steroid dienone is 2. The average Bonchev–Trinajstić information content (AvgIpc) is 2.55. The third-order valence-electron chi connectivity index (χ3n) is 3.76. The Morgan fingerprint density at radius 1 is 1.29 bits per heavy atom. The molecular weight excluding hydrogens is 266 g/mol. The first-order valence-corrected chi connectivity index (χ1v) is 7.28. The molecule has 0 heterocycles. The number of ether oxygens (including phenoxy) is 1. The van der Waals surface area contributed by atoms with Gasteiger partial charge in [-0.05, 0) is 24.8 Å². The van der Waals surface area contributed by atoms with Crippen molar-refractivity contribution in [3.8, 4) is 0 Å². The van der Waals surface area contributed by atoms with Gasteiger partial charge >= 0.3 is 5.97 Å². The minimum Gasteiger partial charge on any atom is -0.469 e. The van der Waals surface area contributed by atoms with Crippen LogP contribution in [0, 0.1) is 5.92 Å². The molecule has 1 amide bonds. The van der Waals surface area contributed by atoms with Crippen LogP contribution in [0.5, 0.6) is 0 Å². The highest BCUT2D eigenvalue weighted by molar-refractivity contribution is 5.80. The molecule has 0 radical (unpaired) electrons. The molecule has 1 aliphatic rings. The largest absolute Gasteiger partial charge is 0.469 e. The molecule has 1 N–H and O–H groups in total. The number of nitrogens with one attached hydrogen (secondary N) is 1. The van der Waals surface area contributed by atoms with Crippen LogP contribution >= 0.6 is 0 Å². The van der Waals surface area contributed by atoms with Crippen LogP contribution in [0.25, 0.3) is 0 Å². The lowest BCUT2D eigenvalue weighted by Gasteiger charge is -2.23. The second kappa shape index (κ2) is 7.62. The van der Waals surface area contributed by atoms with Crippen molar-refractivity contribution < 1.29 is 14.3 Å². The molecule has 2 atom stereocenters. The zero-order chi connectivity index (χ0) is 15.1. The van der Waals surface area contributed by atoms with Crippen LogP contribution in [0.1, 0.15) is 37.3 Å². The van der Waals surface area contributed by atoms with Gasteiger partial charge in [0.15, 0.2) is 0 Å². The summed E-state index contributed by atoms with van der Waals surface area (Å²) in [5, 5.41) is 2.99. The van der Waals surface area contributed by atoms with Gasteiger partial charge in [0.05, 0.1) is 19.6 Å². The number of methoxy groups -OCH3 is 1. The molecule has 112 valence electrons. The number of esters is 1. The van der Waals surface area contributed by atoms with E-state index in [-0.39, 0.29) is 30.3 Å². The van der Waals surface area contributed by atoms with Crippen molar-refractivity contribution in [2.45, 2.75) is 31.7 Å². The number of benzene rings is 1. The SMILES string of the molecule is COC(=O)C[C@H](NC(=O)[C@@H]1CC=CCC1)c1ccccc1. The molecule has 0 saturated carbocycles. The van der Waals surface area contributed by atoms with Crippen LogP contribution in [0.3, 0.4) is 0 Å². The Hall–Kier alpha value is -2.10. The Kier molecular flexibility index (Phi) is 5.55. The predicted octanol–water partition coefficient (Wildman–Crippen LogP) is 2.76. The Morgan fingerprint density at radius 2 is 2.05 bits per heavy atom. The molecular formula is C17H21NO3. The quantitative estimate of drug-likeness (QED) is 0.669. The van der Waals surface area contributed by atoms with Crippen LogP contribution in [-0.4, -0.2) is 19.0 Å². The van der Waals surface area contributed by atoms with Crippen LogP contribution in [-0.2, 0) is 14.3 Å². The van der Waals surface area contributed by atoms with Gasteiger partial charge in [0.25, 0.3) is 0 Å². The van der Waals surface area contributed by atoms with E-state index >= 15 is 0 Å². The lowest BCUT2D eigenvalue weighted by atomic mass is 9.92. The summed E-state index contributed by atoms with van der Waals surface area (Å²) in [5.41, 5.74) is 0.919. The van der Waals surface area contributed by atoms with Gasteiger partial charge in [-0.2, -0.15) is 0 Å². The molecule has 4 nitrogen and oxygen atoms in total. The van der Waals surface area contributed by atoms with Crippen molar-refractivity contribution >= 4 is 11.9 Å². The van der Waals surface area contributed by atoms with Gasteiger partial charge in [-0.15, -0.1) is 0 Å². The van der Waals surface area contributed by atoms with E-state index in [1.54, 1.807) is 0 Å². The van der Waals surface area contributed by atoms with E-state index in [1.165, 1.54) is 7.11 Å². The number of carbonyl (C=O) groups excluding carboxylic acids is 2. The summed E-state index contributed by atoms with van der Waals surface area (Å²) < 4.78 is 4.73. The Balaban J connectivity index is 2.06. The lowest BCUT2D eigenvalue weighted by molar-refractivity contribution is -0.141. The fourth-order valence-electron chi connectivity index (χ4n) is 2.51. The molecule has 0 aromatic heterocycles. The van der Waals surface area contributed by atoms with Gasteiger partial charge in [0.2, 0.25) is 5.91 Å². The first-order chi connectivity index (χ1) is 10.2. The van der Waals surface area contributed by atoms with Gasteiger partial charge < -0.3 is 10.1 Å². The highest BCUT2D eigenvalue weighted by Gasteiger charge is 2.24. The molecule has 2 rings (SSSR count). The highest BCUT2D eigenvalue weighted by atomic mass is 16.5. The third kappa shape index (κ3) is 4.45. The van der Waals surface area contributed by atoms with Crippen LogP contribution in [0.15, 0.2) is 42.5 Å². The Bertz CT molecular complexity index is 510. The monoisotopic (exact) mass is 287 g/mol. The second-order valence-electron chi connectivity index (χ2n) is 5.23. The van der Waals surface area contributed by atoms with E-state index in [0.29, 0.717) is 0 Å². The number of rotatable bonds is 5. The summed E-state index contributed by atoms with van der Waals surface area (Å²) in [6.07, 6.45) is 6.87. The molecule has 0 unspecified atom stereocenters. The number of carbonyl (C=O) groups is 2. The molecule has 0 saturated heterocycles. The minimum absolute atomic E-state index is 0.00106. The van der Waals surface area contributed by atoms with E-state index in [2.05, 4.69) is 11.4 Å². The van der Waals surface area contributed by atoms with Crippen LogP contribution in [0.4, 0.5) is 0 Å². The Labute approximate surface area is 125 Å². The van der Waals surface area contributed by atoms with Crippen molar-refractivity contribution in [3.63, 3.8) is 0 Å². The molecule has 0 spiro atoms. The van der Waals surface area contributed by atoms with Crippen molar-refractivity contribution in [1.82, 2.24) is 5.32 Å². The molecule has 0 aliphatic heterocycles. The normalized spacial score (nSPS) is 18.8. The summed E-state index contributed by atoms with van der Waals surface area (Å²) in [6.45, 7) is 0. The van der Waals surface area contributed by atoms with Gasteiger partial charge in [-0.1, -0.05) is 42.5 Å². The summed E-state index contributed by atoms with van der Waals surface area (Å²) >= 11 is 0. The maximum atomic E-state index is 12.4. The standard InChI is InChI=1S/C17H21NO3/c1-21-16(19)12-15(13-8-4-2-5-9-13)18-17(20)14-10-6-3-7-11-14/h2-6,8-9,14-15H,7,10-12H2,1H3,(H,18,20)/t14-,15+/m1/s1. The summed E-state index contributed by atoms with van der Waals surface area (Å²) in [5.74, 6) is -0.316. The maximum Gasteiger partial charge on any atom is 0.307 e. The van der Waals surface area contributed by atoms with Crippen molar-refractivity contribution in [1.29, 1.82) is 0 Å². The smallest absolute Gasteiger partial charge is 0.307 e. The molecule has 1 aromatic rings. The first kappa shape index (κ1) is 15.3. The fourth-order valence-corrected chi connectivity index (χ4v) is 2.51. The molecule has 0 fully saturated rings. The van der Waals surface area contributed by atoms with Crippen molar-refractivity contribution in [3.05, 3.63) is 48.0 Å². The first-order valence-electron chi connectivity index (χ1n) is 7.28. The fraction of sp³-hybridized carbons (Fsp3) is 0.412. The molecule has 0 bridgehead atoms. The molecule has 1 aromatic carbocycles. The van der Waals surface area contributed by atoms with Crippen molar-refractivity contribution in [2.24, 2.45) is 5.92 Å². The lowest BCUT2D eigenvalue weighted by Crippen LogP contribution is -2.35. The molecule has 4 heteroatoms. The zero-order valence-corrected chi connectivity index (χ0v) is 12.2. The van der Waals surface area contributed by atoms with Crippen LogP contribution in [0.2, 0.25) is 0 Å². The van der Waals surface area contributed by atoms with Gasteiger partial charge in [0, 0.05) is 5.92 Å². The van der Waals surface area contributed by atoms with Gasteiger partial charge in [-0.25, -0.2) is 0 Å². The van der Waals surface area contributed by atoms with E-state index in [1.807, 2.05) is 36.4 Å². The number of hydrogen-bond acceptors (Lipinski definition) is 3. The average molecular weight is 287 g/mol. The summed E-state index contributed by atoms with van der Waals surface area (Å²) in [6, 6.07) is 9.19. The number of hydrogen-bond donors (Lipinski definition) is 1. The highest BCUT2D eigenvalue weighted by Crippen LogP contribution is 2.22. The van der Waals surface area contributed by atoms with Gasteiger partial charge in [0.1, 0.15) is 0 Å². The van der Waals surface area contributed by atoms with Crippen molar-refractivity contribution in [2.75, 3.05) is 7.11 Å². The Morgan fingerprint density at radius 3 is 2.67 bits per heavy atom. The predicted molar refractivity (Wildman–Crippen MR) is 80.4 cm³/mol. The van der Waals surface area contributed by atoms with E-state index < -0.39 is 0 Å². The summed E-state index contributed by atoms with van der Waals surface area (Å²) in [4.78, 5) is 23.9. The van der Waals surface area contributed by atoms with Crippen LogP contribution < -0.4 is 5.32 Å². The third-order valence-corrected chi connectivity index (χ3v) is 3.76. The molecule has 21 heavy (non-hydrogen) atoms. The van der Waals surface area contributed by atoms with Gasteiger partial charge in [-0.3, -0.25) is 9.59 Å². The zero-order valence-electron chi connectivity index (χ0n) is 12.2. The maximum absolute atomic E-state index is 12.4. The van der Waals surface area contributed by atoms with E-state index in [0.717, 1.165) is 24.8 Å². The summed E-state index contributed by atoms with van der Waals surface area (Å²) in [7, 11) is 1.36. The minimum atomic E-state index is -0.336. The number of amides is 1. The van der Waals surface area contributed by atoms with E-state index in [4.69, 9.17) is 4.74 Å².